The first kappa shape index (κ1) is 28.7. The molecule has 0 aromatic heterocycles. The highest BCUT2D eigenvalue weighted by Gasteiger charge is 2.23. The van der Waals surface area contributed by atoms with E-state index in [9.17, 15) is 9.59 Å². The summed E-state index contributed by atoms with van der Waals surface area (Å²) in [5, 5.41) is 9.62. The summed E-state index contributed by atoms with van der Waals surface area (Å²) >= 11 is 0. The smallest absolute Gasteiger partial charge is 0.306 e. The Bertz CT molecular complexity index is 1090. The van der Waals surface area contributed by atoms with Gasteiger partial charge in [-0.15, -0.1) is 0 Å². The SMILES string of the molecule is CCCCCCCCOC(=O)CC1COc2cc(NC(=O)c3ccc(/C=N/N4CCCCC4)cc3)ccc2C1. The number of ether oxygens (including phenoxy) is 2. The molecule has 2 aromatic rings. The van der Waals surface area contributed by atoms with E-state index in [1.807, 2.05) is 48.7 Å². The second kappa shape index (κ2) is 15.3. The Morgan fingerprint density at radius 2 is 1.79 bits per heavy atom. The molecule has 4 rings (SSSR count). The van der Waals surface area contributed by atoms with E-state index in [2.05, 4.69) is 22.4 Å². The zero-order valence-corrected chi connectivity index (χ0v) is 23.3. The number of esters is 1. The maximum absolute atomic E-state index is 12.8. The first-order valence-electron chi connectivity index (χ1n) is 14.7. The van der Waals surface area contributed by atoms with Gasteiger partial charge in [-0.3, -0.25) is 14.6 Å². The molecule has 210 valence electrons. The van der Waals surface area contributed by atoms with Crippen molar-refractivity contribution in [3.05, 3.63) is 59.2 Å². The second-order valence-corrected chi connectivity index (χ2v) is 10.7. The fourth-order valence-corrected chi connectivity index (χ4v) is 5.07. The van der Waals surface area contributed by atoms with Crippen LogP contribution in [0.5, 0.6) is 5.75 Å². The molecule has 1 unspecified atom stereocenters. The lowest BCUT2D eigenvalue weighted by atomic mass is 9.94. The number of fused-ring (bicyclic) bond motifs is 1. The molecule has 2 aliphatic heterocycles. The minimum Gasteiger partial charge on any atom is -0.493 e. The molecule has 1 N–H and O–H groups in total. The monoisotopic (exact) mass is 533 g/mol. The number of unbranched alkanes of at least 4 members (excludes halogenated alkanes) is 5. The van der Waals surface area contributed by atoms with E-state index in [1.165, 1.54) is 44.9 Å². The number of piperidine rings is 1. The summed E-state index contributed by atoms with van der Waals surface area (Å²) < 4.78 is 11.4. The van der Waals surface area contributed by atoms with Gasteiger partial charge >= 0.3 is 5.97 Å². The summed E-state index contributed by atoms with van der Waals surface area (Å²) in [6.07, 6.45) is 13.7. The maximum atomic E-state index is 12.8. The number of hydrogen-bond acceptors (Lipinski definition) is 6. The lowest BCUT2D eigenvalue weighted by Crippen LogP contribution is -2.24. The highest BCUT2D eigenvalue weighted by Crippen LogP contribution is 2.31. The van der Waals surface area contributed by atoms with Crippen LogP contribution in [0.4, 0.5) is 5.69 Å². The van der Waals surface area contributed by atoms with Crippen molar-refractivity contribution in [2.45, 2.75) is 77.6 Å². The molecule has 7 heteroatoms. The van der Waals surface area contributed by atoms with Gasteiger partial charge < -0.3 is 14.8 Å². The van der Waals surface area contributed by atoms with E-state index in [1.54, 1.807) is 0 Å². The Kier molecular flexibility index (Phi) is 11.2. The largest absolute Gasteiger partial charge is 0.493 e. The summed E-state index contributed by atoms with van der Waals surface area (Å²) in [7, 11) is 0. The van der Waals surface area contributed by atoms with E-state index in [4.69, 9.17) is 9.47 Å². The van der Waals surface area contributed by atoms with Crippen LogP contribution in [0.25, 0.3) is 0 Å². The van der Waals surface area contributed by atoms with Crippen molar-refractivity contribution in [3.63, 3.8) is 0 Å². The van der Waals surface area contributed by atoms with Crippen LogP contribution in [0.15, 0.2) is 47.6 Å². The number of hydrazone groups is 1. The number of amides is 1. The topological polar surface area (TPSA) is 80.2 Å². The van der Waals surface area contributed by atoms with Gasteiger partial charge in [-0.2, -0.15) is 5.10 Å². The number of carbonyl (C=O) groups excluding carboxylic acids is 2. The van der Waals surface area contributed by atoms with Gasteiger partial charge in [0.15, 0.2) is 0 Å². The first-order chi connectivity index (χ1) is 19.1. The molecule has 0 saturated carbocycles. The lowest BCUT2D eigenvalue weighted by molar-refractivity contribution is -0.145. The predicted molar refractivity (Wildman–Crippen MR) is 155 cm³/mol. The Balaban J connectivity index is 1.20. The van der Waals surface area contributed by atoms with E-state index < -0.39 is 0 Å². The molecule has 0 radical (unpaired) electrons. The standard InChI is InChI=1S/C32H43N3O4/c1-2-3-4-5-6-10-19-38-31(36)21-26-20-28-15-16-29(22-30(28)39-24-26)34-32(37)27-13-11-25(12-14-27)23-33-35-17-8-7-9-18-35/h11-16,22-23,26H,2-10,17-21,24H2,1H3,(H,34,37)/b33-23+. The number of anilines is 1. The van der Waals surface area contributed by atoms with Gasteiger partial charge in [0.2, 0.25) is 0 Å². The van der Waals surface area contributed by atoms with Crippen LogP contribution < -0.4 is 10.1 Å². The van der Waals surface area contributed by atoms with Crippen molar-refractivity contribution in [2.75, 3.05) is 31.6 Å². The number of rotatable bonds is 13. The van der Waals surface area contributed by atoms with Gasteiger partial charge in [-0.25, -0.2) is 0 Å². The van der Waals surface area contributed by atoms with Crippen molar-refractivity contribution < 1.29 is 19.1 Å². The Labute approximate surface area is 233 Å². The van der Waals surface area contributed by atoms with Crippen molar-refractivity contribution in [1.29, 1.82) is 0 Å². The molecule has 1 fully saturated rings. The van der Waals surface area contributed by atoms with Crippen LogP contribution in [0, 0.1) is 5.92 Å². The highest BCUT2D eigenvalue weighted by molar-refractivity contribution is 6.04. The zero-order valence-electron chi connectivity index (χ0n) is 23.3. The third-order valence-electron chi connectivity index (χ3n) is 7.40. The summed E-state index contributed by atoms with van der Waals surface area (Å²) in [5.41, 5.74) is 3.29. The molecule has 0 aliphatic carbocycles. The summed E-state index contributed by atoms with van der Waals surface area (Å²) in [6.45, 7) is 5.20. The number of benzene rings is 2. The van der Waals surface area contributed by atoms with Crippen LogP contribution in [0.2, 0.25) is 0 Å². The van der Waals surface area contributed by atoms with Gasteiger partial charge in [-0.1, -0.05) is 57.2 Å². The van der Waals surface area contributed by atoms with Crippen molar-refractivity contribution in [2.24, 2.45) is 11.0 Å². The molecule has 0 bridgehead atoms. The average Bonchev–Trinajstić information content (AvgIpc) is 2.96. The van der Waals surface area contributed by atoms with Crippen LogP contribution in [-0.4, -0.2) is 49.4 Å². The third kappa shape index (κ3) is 9.41. The number of hydrogen-bond donors (Lipinski definition) is 1. The van der Waals surface area contributed by atoms with Gasteiger partial charge in [-0.05, 0) is 61.4 Å². The molecular weight excluding hydrogens is 490 g/mol. The fraction of sp³-hybridized carbons (Fsp3) is 0.531. The molecule has 2 heterocycles. The van der Waals surface area contributed by atoms with Crippen LogP contribution in [-0.2, 0) is 16.0 Å². The molecule has 39 heavy (non-hydrogen) atoms. The summed E-state index contributed by atoms with van der Waals surface area (Å²) in [5.74, 6) is 0.547. The highest BCUT2D eigenvalue weighted by atomic mass is 16.5. The molecule has 1 atom stereocenters. The number of carbonyl (C=O) groups is 2. The Hall–Kier alpha value is -3.35. The van der Waals surface area contributed by atoms with E-state index in [-0.39, 0.29) is 17.8 Å². The van der Waals surface area contributed by atoms with Gasteiger partial charge in [0.25, 0.3) is 5.91 Å². The normalized spacial score (nSPS) is 16.9. The first-order valence-corrected chi connectivity index (χ1v) is 14.7. The van der Waals surface area contributed by atoms with Gasteiger partial charge in [0, 0.05) is 36.3 Å². The molecule has 1 amide bonds. The average molecular weight is 534 g/mol. The maximum Gasteiger partial charge on any atom is 0.306 e. The fourth-order valence-electron chi connectivity index (χ4n) is 5.07. The second-order valence-electron chi connectivity index (χ2n) is 10.7. The molecule has 7 nitrogen and oxygen atoms in total. The summed E-state index contributed by atoms with van der Waals surface area (Å²) in [6, 6.07) is 13.2. The van der Waals surface area contributed by atoms with Crippen LogP contribution >= 0.6 is 0 Å². The molecule has 0 spiro atoms. The minimum absolute atomic E-state index is 0.104. The Morgan fingerprint density at radius 1 is 1.03 bits per heavy atom. The third-order valence-corrected chi connectivity index (χ3v) is 7.40. The Morgan fingerprint density at radius 3 is 2.59 bits per heavy atom. The summed E-state index contributed by atoms with van der Waals surface area (Å²) in [4.78, 5) is 25.1. The molecule has 2 aromatic carbocycles. The quantitative estimate of drug-likeness (QED) is 0.178. The zero-order chi connectivity index (χ0) is 27.3. The van der Waals surface area contributed by atoms with Gasteiger partial charge in [0.05, 0.1) is 25.8 Å². The molecular formula is C32H43N3O4. The van der Waals surface area contributed by atoms with E-state index >= 15 is 0 Å². The number of nitrogens with zero attached hydrogens (tertiary/aromatic N) is 2. The molecule has 2 aliphatic rings. The predicted octanol–water partition coefficient (Wildman–Crippen LogP) is 6.60. The minimum atomic E-state index is -0.170. The number of nitrogens with one attached hydrogen (secondary N) is 1. The van der Waals surface area contributed by atoms with Crippen LogP contribution in [0.1, 0.15) is 92.6 Å². The van der Waals surface area contributed by atoms with Crippen molar-refractivity contribution in [3.8, 4) is 5.75 Å². The van der Waals surface area contributed by atoms with Gasteiger partial charge in [0.1, 0.15) is 5.75 Å². The van der Waals surface area contributed by atoms with E-state index in [0.717, 1.165) is 49.2 Å². The molecule has 1 saturated heterocycles. The van der Waals surface area contributed by atoms with Crippen molar-refractivity contribution in [1.82, 2.24) is 5.01 Å². The van der Waals surface area contributed by atoms with E-state index in [0.29, 0.717) is 30.9 Å². The van der Waals surface area contributed by atoms with Crippen LogP contribution in [0.3, 0.4) is 0 Å². The lowest BCUT2D eigenvalue weighted by Gasteiger charge is -2.25. The van der Waals surface area contributed by atoms with Crippen molar-refractivity contribution >= 4 is 23.8 Å².